The Balaban J connectivity index is 1.76. The topological polar surface area (TPSA) is 37.8 Å². The van der Waals surface area contributed by atoms with E-state index in [4.69, 9.17) is 0 Å². The highest BCUT2D eigenvalue weighted by molar-refractivity contribution is 7.17. The summed E-state index contributed by atoms with van der Waals surface area (Å²) in [6, 6.07) is 7.20. The molecule has 1 aromatic carbocycles. The number of benzene rings is 1. The van der Waals surface area contributed by atoms with Crippen molar-refractivity contribution in [1.29, 1.82) is 0 Å². The molecule has 4 rings (SSSR count). The Morgan fingerprint density at radius 3 is 2.56 bits per heavy atom. The number of nitrogens with zero attached hydrogens (tertiary/aromatic N) is 2. The zero-order chi connectivity index (χ0) is 17.2. The number of aromatic nitrogens is 2. The van der Waals surface area contributed by atoms with Crippen LogP contribution in [-0.2, 0) is 0 Å². The lowest BCUT2D eigenvalue weighted by atomic mass is 9.99. The third-order valence-electron chi connectivity index (χ3n) is 5.24. The highest BCUT2D eigenvalue weighted by Crippen LogP contribution is 2.38. The number of anilines is 1. The monoisotopic (exact) mass is 351 g/mol. The first-order valence-corrected chi connectivity index (χ1v) is 10.2. The molecule has 1 N–H and O–H groups in total. The zero-order valence-electron chi connectivity index (χ0n) is 15.0. The number of nitrogens with one attached hydrogen (secondary N) is 1. The van der Waals surface area contributed by atoms with Crippen molar-refractivity contribution in [2.45, 2.75) is 58.4 Å². The first kappa shape index (κ1) is 16.5. The minimum Gasteiger partial charge on any atom is -0.367 e. The fourth-order valence-corrected chi connectivity index (χ4v) is 4.82. The van der Waals surface area contributed by atoms with Gasteiger partial charge in [-0.1, -0.05) is 49.4 Å². The van der Waals surface area contributed by atoms with Gasteiger partial charge in [-0.2, -0.15) is 0 Å². The molecule has 1 saturated carbocycles. The number of aryl methyl sites for hydroxylation is 2. The maximum atomic E-state index is 4.62. The molecule has 3 nitrogen and oxygen atoms in total. The molecule has 0 unspecified atom stereocenters. The normalized spacial score (nSPS) is 16.1. The number of fused-ring (bicyclic) bond motifs is 1. The molecule has 25 heavy (non-hydrogen) atoms. The summed E-state index contributed by atoms with van der Waals surface area (Å²) in [6.45, 7) is 4.33. The van der Waals surface area contributed by atoms with Gasteiger partial charge in [-0.3, -0.25) is 0 Å². The van der Waals surface area contributed by atoms with E-state index in [9.17, 15) is 0 Å². The van der Waals surface area contributed by atoms with Gasteiger partial charge in [0.15, 0.2) is 0 Å². The first-order chi connectivity index (χ1) is 12.2. The molecule has 2 heterocycles. The quantitative estimate of drug-likeness (QED) is 0.578. The molecule has 0 bridgehead atoms. The van der Waals surface area contributed by atoms with Crippen molar-refractivity contribution in [2.75, 3.05) is 5.32 Å². The van der Waals surface area contributed by atoms with Crippen LogP contribution in [0.4, 0.5) is 5.82 Å². The molecule has 4 heteroatoms. The molecule has 1 aliphatic carbocycles. The Morgan fingerprint density at radius 2 is 1.80 bits per heavy atom. The van der Waals surface area contributed by atoms with Gasteiger partial charge in [0.2, 0.25) is 0 Å². The van der Waals surface area contributed by atoms with Crippen LogP contribution < -0.4 is 5.32 Å². The molecule has 0 spiro atoms. The number of rotatable bonds is 3. The second-order valence-corrected chi connectivity index (χ2v) is 8.06. The molecular weight excluding hydrogens is 326 g/mol. The van der Waals surface area contributed by atoms with Gasteiger partial charge in [-0.15, -0.1) is 11.3 Å². The van der Waals surface area contributed by atoms with Gasteiger partial charge in [0.1, 0.15) is 17.0 Å². The van der Waals surface area contributed by atoms with Crippen LogP contribution in [0.1, 0.15) is 49.7 Å². The van der Waals surface area contributed by atoms with E-state index in [0.717, 1.165) is 10.6 Å². The molecule has 0 radical (unpaired) electrons. The van der Waals surface area contributed by atoms with E-state index >= 15 is 0 Å². The van der Waals surface area contributed by atoms with Gasteiger partial charge in [-0.05, 0) is 37.8 Å². The van der Waals surface area contributed by atoms with Crippen molar-refractivity contribution in [3.05, 3.63) is 41.0 Å². The summed E-state index contributed by atoms with van der Waals surface area (Å²) in [5, 5.41) is 7.16. The summed E-state index contributed by atoms with van der Waals surface area (Å²) in [7, 11) is 0. The summed E-state index contributed by atoms with van der Waals surface area (Å²) in [5.41, 5.74) is 5.16. The van der Waals surface area contributed by atoms with E-state index in [1.807, 2.05) is 0 Å². The maximum absolute atomic E-state index is 4.62. The second kappa shape index (κ2) is 7.12. The molecule has 0 amide bonds. The van der Waals surface area contributed by atoms with E-state index in [1.165, 1.54) is 66.2 Å². The van der Waals surface area contributed by atoms with Crippen LogP contribution in [0.15, 0.2) is 29.9 Å². The summed E-state index contributed by atoms with van der Waals surface area (Å²) in [4.78, 5) is 10.2. The largest absolute Gasteiger partial charge is 0.367 e. The fraction of sp³-hybridized carbons (Fsp3) is 0.429. The average Bonchev–Trinajstić information content (AvgIpc) is 2.86. The molecule has 130 valence electrons. The third-order valence-corrected chi connectivity index (χ3v) is 6.12. The maximum Gasteiger partial charge on any atom is 0.139 e. The molecule has 3 aromatic rings. The van der Waals surface area contributed by atoms with Crippen LogP contribution in [0.2, 0.25) is 0 Å². The first-order valence-electron chi connectivity index (χ1n) is 9.29. The predicted octanol–water partition coefficient (Wildman–Crippen LogP) is 6.11. The lowest BCUT2D eigenvalue weighted by molar-refractivity contribution is 0.618. The SMILES string of the molecule is Cc1ccc(-c2csc3ncnc(NC4CCCCCC4)c23)c(C)c1. The summed E-state index contributed by atoms with van der Waals surface area (Å²) < 4.78 is 0. The summed E-state index contributed by atoms with van der Waals surface area (Å²) in [5.74, 6) is 1.01. The van der Waals surface area contributed by atoms with Crippen molar-refractivity contribution in [3.63, 3.8) is 0 Å². The number of hydrogen-bond acceptors (Lipinski definition) is 4. The summed E-state index contributed by atoms with van der Waals surface area (Å²) >= 11 is 1.71. The lowest BCUT2D eigenvalue weighted by Gasteiger charge is -2.18. The minimum atomic E-state index is 0.535. The number of thiophene rings is 1. The molecule has 1 aliphatic rings. The van der Waals surface area contributed by atoms with Crippen LogP contribution in [0.25, 0.3) is 21.3 Å². The van der Waals surface area contributed by atoms with Crippen molar-refractivity contribution < 1.29 is 0 Å². The van der Waals surface area contributed by atoms with Crippen LogP contribution >= 0.6 is 11.3 Å². The van der Waals surface area contributed by atoms with Crippen molar-refractivity contribution >= 4 is 27.4 Å². The predicted molar refractivity (Wildman–Crippen MR) is 107 cm³/mol. The van der Waals surface area contributed by atoms with E-state index < -0.39 is 0 Å². The van der Waals surface area contributed by atoms with Crippen molar-refractivity contribution in [2.24, 2.45) is 0 Å². The van der Waals surface area contributed by atoms with Crippen LogP contribution in [0.5, 0.6) is 0 Å². The Morgan fingerprint density at radius 1 is 1.00 bits per heavy atom. The molecule has 1 fully saturated rings. The summed E-state index contributed by atoms with van der Waals surface area (Å²) in [6.07, 6.45) is 9.55. The van der Waals surface area contributed by atoms with Crippen LogP contribution in [0.3, 0.4) is 0 Å². The minimum absolute atomic E-state index is 0.535. The fourth-order valence-electron chi connectivity index (χ4n) is 3.92. The standard InChI is InChI=1S/C21H25N3S/c1-14-9-10-17(15(2)11-14)18-12-25-21-19(18)20(22-13-23-21)24-16-7-5-3-4-6-8-16/h9-13,16H,3-8H2,1-2H3,(H,22,23,24). The lowest BCUT2D eigenvalue weighted by Crippen LogP contribution is -2.19. The Hall–Kier alpha value is -1.94. The smallest absolute Gasteiger partial charge is 0.139 e. The van der Waals surface area contributed by atoms with Crippen LogP contribution in [0, 0.1) is 13.8 Å². The molecule has 0 saturated heterocycles. The second-order valence-electron chi connectivity index (χ2n) is 7.20. The van der Waals surface area contributed by atoms with Gasteiger partial charge in [0.05, 0.1) is 5.39 Å². The number of hydrogen-bond donors (Lipinski definition) is 1. The Kier molecular flexibility index (Phi) is 4.71. The molecule has 2 aromatic heterocycles. The molecule has 0 aliphatic heterocycles. The van der Waals surface area contributed by atoms with E-state index in [0.29, 0.717) is 6.04 Å². The van der Waals surface area contributed by atoms with E-state index in [1.54, 1.807) is 17.7 Å². The van der Waals surface area contributed by atoms with Gasteiger partial charge in [0.25, 0.3) is 0 Å². The average molecular weight is 352 g/mol. The van der Waals surface area contributed by atoms with Gasteiger partial charge in [-0.25, -0.2) is 9.97 Å². The van der Waals surface area contributed by atoms with Crippen molar-refractivity contribution in [1.82, 2.24) is 9.97 Å². The van der Waals surface area contributed by atoms with Gasteiger partial charge in [0, 0.05) is 17.0 Å². The van der Waals surface area contributed by atoms with E-state index in [-0.39, 0.29) is 0 Å². The molecular formula is C21H25N3S. The Labute approximate surface area is 153 Å². The molecule has 0 atom stereocenters. The zero-order valence-corrected chi connectivity index (χ0v) is 15.8. The van der Waals surface area contributed by atoms with Gasteiger partial charge < -0.3 is 5.32 Å². The third kappa shape index (κ3) is 3.40. The Bertz CT molecular complexity index is 876. The van der Waals surface area contributed by atoms with Crippen molar-refractivity contribution in [3.8, 4) is 11.1 Å². The van der Waals surface area contributed by atoms with E-state index in [2.05, 4.69) is 52.7 Å². The highest BCUT2D eigenvalue weighted by Gasteiger charge is 2.18. The van der Waals surface area contributed by atoms with Crippen LogP contribution in [-0.4, -0.2) is 16.0 Å². The highest BCUT2D eigenvalue weighted by atomic mass is 32.1. The van der Waals surface area contributed by atoms with Gasteiger partial charge >= 0.3 is 0 Å².